The first kappa shape index (κ1) is 35.9. The highest BCUT2D eigenvalue weighted by atomic mass is 35.5. The van der Waals surface area contributed by atoms with Crippen molar-refractivity contribution in [3.05, 3.63) is 129 Å². The predicted octanol–water partition coefficient (Wildman–Crippen LogP) is 11.8. The molecule has 4 aromatic carbocycles. The topological polar surface area (TPSA) is 73.3 Å². The summed E-state index contributed by atoms with van der Waals surface area (Å²) in [6, 6.07) is 29.2. The number of amides is 1. The number of carbonyl (C=O) groups is 1. The molecule has 2 heterocycles. The average molecular weight is 743 g/mol. The number of halogens is 2. The summed E-state index contributed by atoms with van der Waals surface area (Å²) < 4.78 is 15.3. The molecule has 0 saturated heterocycles. The Labute approximate surface area is 308 Å². The zero-order valence-corrected chi connectivity index (χ0v) is 32.4. The highest BCUT2D eigenvalue weighted by Crippen LogP contribution is 2.47. The molecule has 0 spiro atoms. The molecule has 0 saturated carbocycles. The number of hydrogen-bond donors (Lipinski definition) is 1. The van der Waals surface area contributed by atoms with Crippen molar-refractivity contribution in [2.45, 2.75) is 70.8 Å². The van der Waals surface area contributed by atoms with Gasteiger partial charge in [-0.2, -0.15) is 0 Å². The molecular formula is C40H41Cl2N3O3SSi. The van der Waals surface area contributed by atoms with Gasteiger partial charge in [0.05, 0.1) is 15.8 Å². The summed E-state index contributed by atoms with van der Waals surface area (Å²) in [7, 11) is -2.48. The first-order chi connectivity index (χ1) is 24.0. The highest BCUT2D eigenvalue weighted by molar-refractivity contribution is 7.16. The highest BCUT2D eigenvalue weighted by Gasteiger charge is 2.47. The van der Waals surface area contributed by atoms with Gasteiger partial charge in [0.15, 0.2) is 11.4 Å². The molecule has 6 rings (SSSR count). The number of hydrogen-bond acceptors (Lipinski definition) is 6. The van der Waals surface area contributed by atoms with Gasteiger partial charge in [-0.3, -0.25) is 4.79 Å². The fourth-order valence-corrected chi connectivity index (χ4v) is 13.7. The van der Waals surface area contributed by atoms with Crippen molar-refractivity contribution in [3.63, 3.8) is 0 Å². The van der Waals surface area contributed by atoms with Crippen molar-refractivity contribution in [3.8, 4) is 11.5 Å². The van der Waals surface area contributed by atoms with Crippen LogP contribution in [0.5, 0.6) is 11.5 Å². The molecule has 50 heavy (non-hydrogen) atoms. The Morgan fingerprint density at radius 1 is 0.820 bits per heavy atom. The second kappa shape index (κ2) is 15.1. The van der Waals surface area contributed by atoms with Gasteiger partial charge in [0.2, 0.25) is 0 Å². The summed E-state index contributed by atoms with van der Waals surface area (Å²) >= 11 is 14.1. The molecule has 0 bridgehead atoms. The minimum atomic E-state index is -2.48. The largest absolute Gasteiger partial charge is 0.542 e. The van der Waals surface area contributed by atoms with E-state index in [-0.39, 0.29) is 12.5 Å². The van der Waals surface area contributed by atoms with E-state index in [1.165, 1.54) is 11.3 Å². The van der Waals surface area contributed by atoms with Crippen molar-refractivity contribution in [2.75, 3.05) is 0 Å². The monoisotopic (exact) mass is 741 g/mol. The molecule has 1 N–H and O–H groups in total. The van der Waals surface area contributed by atoms with Crippen LogP contribution in [0.1, 0.15) is 74.7 Å². The Hall–Kier alpha value is -3.95. The quantitative estimate of drug-likeness (QED) is 0.126. The zero-order chi connectivity index (χ0) is 35.6. The lowest BCUT2D eigenvalue weighted by Gasteiger charge is -2.42. The van der Waals surface area contributed by atoms with Crippen LogP contribution in [0.3, 0.4) is 0 Å². The number of thiazole rings is 1. The smallest absolute Gasteiger partial charge is 0.258 e. The van der Waals surface area contributed by atoms with E-state index in [9.17, 15) is 4.79 Å². The van der Waals surface area contributed by atoms with E-state index in [2.05, 4.69) is 57.9 Å². The number of carbonyl (C=O) groups excluding carboxylic acids is 1. The summed E-state index contributed by atoms with van der Waals surface area (Å²) in [4.78, 5) is 24.1. The number of pyridine rings is 1. The second-order valence-electron chi connectivity index (χ2n) is 13.5. The maximum absolute atomic E-state index is 14.5. The standard InChI is InChI=1S/C40H41Cl2N3O3SSi/c1-24(2)50(25(3)4,26(5)6)48-34-20-33(40(46)43-22-27-17-30(41)19-31(42)18-27)38(36-32(34)21-35-39(45-36)44-23-49-35)47-37(28-13-9-7-10-14-28)29-15-11-8-12-16-29/h7-21,23-26,37H,22H2,1-6H3,(H,43,46). The molecule has 0 aliphatic carbocycles. The third-order valence-corrected chi connectivity index (χ3v) is 16.6. The molecule has 0 unspecified atom stereocenters. The lowest BCUT2D eigenvalue weighted by molar-refractivity contribution is 0.0945. The lowest BCUT2D eigenvalue weighted by atomic mass is 10.0. The van der Waals surface area contributed by atoms with Crippen molar-refractivity contribution in [1.29, 1.82) is 0 Å². The first-order valence-electron chi connectivity index (χ1n) is 16.9. The van der Waals surface area contributed by atoms with Crippen LogP contribution < -0.4 is 14.5 Å². The van der Waals surface area contributed by atoms with E-state index < -0.39 is 14.4 Å². The van der Waals surface area contributed by atoms with Gasteiger partial charge in [0.25, 0.3) is 14.2 Å². The third kappa shape index (κ3) is 7.26. The molecular weight excluding hydrogens is 702 g/mol. The average Bonchev–Trinajstić information content (AvgIpc) is 3.55. The van der Waals surface area contributed by atoms with Crippen LogP contribution in [0.25, 0.3) is 21.3 Å². The number of rotatable bonds is 12. The van der Waals surface area contributed by atoms with Gasteiger partial charge in [-0.05, 0) is 63.6 Å². The molecule has 0 aliphatic rings. The van der Waals surface area contributed by atoms with Crippen molar-refractivity contribution in [1.82, 2.24) is 15.3 Å². The van der Waals surface area contributed by atoms with E-state index in [4.69, 9.17) is 37.3 Å². The Bertz CT molecular complexity index is 2040. The summed E-state index contributed by atoms with van der Waals surface area (Å²) in [5, 5.41) is 4.87. The SMILES string of the molecule is CC(C)[Si](Oc1cc(C(=O)NCc2cc(Cl)cc(Cl)c2)c(OC(c2ccccc2)c2ccccc2)c2nc3ncsc3cc12)(C(C)C)C(C)C. The van der Waals surface area contributed by atoms with Crippen molar-refractivity contribution in [2.24, 2.45) is 0 Å². The van der Waals surface area contributed by atoms with Crippen molar-refractivity contribution < 1.29 is 14.0 Å². The molecule has 0 radical (unpaired) electrons. The van der Waals surface area contributed by atoms with Crippen molar-refractivity contribution >= 4 is 70.0 Å². The van der Waals surface area contributed by atoms with Gasteiger partial charge in [-0.1, -0.05) is 125 Å². The van der Waals surface area contributed by atoms with Gasteiger partial charge in [0, 0.05) is 22.0 Å². The fraction of sp³-hybridized carbons (Fsp3) is 0.275. The van der Waals surface area contributed by atoms with E-state index in [0.29, 0.717) is 54.9 Å². The summed E-state index contributed by atoms with van der Waals surface area (Å²) in [6.07, 6.45) is -0.533. The van der Waals surface area contributed by atoms with Crippen LogP contribution in [-0.4, -0.2) is 24.2 Å². The maximum Gasteiger partial charge on any atom is 0.258 e. The molecule has 0 aliphatic heterocycles. The number of fused-ring (bicyclic) bond motifs is 2. The lowest BCUT2D eigenvalue weighted by Crippen LogP contribution is -2.50. The first-order valence-corrected chi connectivity index (χ1v) is 20.6. The van der Waals surface area contributed by atoms with Gasteiger partial charge in [-0.25, -0.2) is 9.97 Å². The Morgan fingerprint density at radius 2 is 1.40 bits per heavy atom. The summed E-state index contributed by atoms with van der Waals surface area (Å²) in [5.74, 6) is 0.645. The molecule has 1 amide bonds. The fourth-order valence-electron chi connectivity index (χ4n) is 7.17. The number of aromatic nitrogens is 2. The van der Waals surface area contributed by atoms with E-state index in [1.54, 1.807) is 23.7 Å². The Balaban J connectivity index is 1.59. The number of ether oxygens (including phenoxy) is 1. The molecule has 0 atom stereocenters. The van der Waals surface area contributed by atoms with Crippen LogP contribution in [0.4, 0.5) is 0 Å². The number of benzene rings is 4. The molecule has 6 aromatic rings. The molecule has 258 valence electrons. The van der Waals surface area contributed by atoms with Gasteiger partial charge < -0.3 is 14.5 Å². The molecule has 10 heteroatoms. The van der Waals surface area contributed by atoms with Crippen LogP contribution in [0.2, 0.25) is 26.7 Å². The minimum absolute atomic E-state index is 0.203. The van der Waals surface area contributed by atoms with Crippen LogP contribution in [0, 0.1) is 0 Å². The molecule has 0 fully saturated rings. The number of nitrogens with zero attached hydrogens (tertiary/aromatic N) is 2. The molecule has 2 aromatic heterocycles. The third-order valence-electron chi connectivity index (χ3n) is 9.38. The number of nitrogens with one attached hydrogen (secondary N) is 1. The summed E-state index contributed by atoms with van der Waals surface area (Å²) in [5.41, 5.74) is 6.77. The van der Waals surface area contributed by atoms with E-state index in [0.717, 1.165) is 26.8 Å². The maximum atomic E-state index is 14.5. The second-order valence-corrected chi connectivity index (χ2v) is 20.6. The normalized spacial score (nSPS) is 12.1. The predicted molar refractivity (Wildman–Crippen MR) is 210 cm³/mol. The Kier molecular flexibility index (Phi) is 10.8. The zero-order valence-electron chi connectivity index (χ0n) is 29.0. The molecule has 6 nitrogen and oxygen atoms in total. The van der Waals surface area contributed by atoms with Crippen LogP contribution >= 0.6 is 34.5 Å². The van der Waals surface area contributed by atoms with Gasteiger partial charge in [-0.15, -0.1) is 11.3 Å². The van der Waals surface area contributed by atoms with Crippen LogP contribution in [0.15, 0.2) is 96.5 Å². The van der Waals surface area contributed by atoms with Gasteiger partial charge >= 0.3 is 0 Å². The van der Waals surface area contributed by atoms with E-state index in [1.807, 2.05) is 66.7 Å². The van der Waals surface area contributed by atoms with E-state index >= 15 is 0 Å². The summed E-state index contributed by atoms with van der Waals surface area (Å²) in [6.45, 7) is 13.7. The Morgan fingerprint density at radius 3 is 1.96 bits per heavy atom. The van der Waals surface area contributed by atoms with Gasteiger partial charge in [0.1, 0.15) is 17.4 Å². The minimum Gasteiger partial charge on any atom is -0.542 e. The van der Waals surface area contributed by atoms with Crippen LogP contribution in [-0.2, 0) is 6.54 Å².